The van der Waals surface area contributed by atoms with Crippen molar-refractivity contribution < 1.29 is 87.5 Å². The van der Waals surface area contributed by atoms with Crippen molar-refractivity contribution in [2.24, 2.45) is 0 Å². The van der Waals surface area contributed by atoms with Crippen molar-refractivity contribution in [1.29, 1.82) is 0 Å². The number of carbonyl (C=O) groups excluding carboxylic acids is 9. The van der Waals surface area contributed by atoms with Crippen LogP contribution in [0.5, 0.6) is 0 Å². The van der Waals surface area contributed by atoms with E-state index in [9.17, 15) is 67.4 Å². The second kappa shape index (κ2) is 51.8. The summed E-state index contributed by atoms with van der Waals surface area (Å²) in [6.45, 7) is 13.1. The fourth-order valence-corrected chi connectivity index (χ4v) is 10.9. The summed E-state index contributed by atoms with van der Waals surface area (Å²) in [5.41, 5.74) is 12.3. The molecule has 11 aromatic rings. The number of ether oxygens (including phenoxy) is 1. The maximum atomic E-state index is 11.9. The second-order valence-corrected chi connectivity index (χ2v) is 26.7. The highest BCUT2D eigenvalue weighted by Gasteiger charge is 2.21. The lowest BCUT2D eigenvalue weighted by Gasteiger charge is -2.06. The van der Waals surface area contributed by atoms with E-state index in [4.69, 9.17) is 66.7 Å². The molecular formula is C111H80O18. The Morgan fingerprint density at radius 3 is 0.829 bits per heavy atom. The van der Waals surface area contributed by atoms with Gasteiger partial charge in [0, 0.05) is 122 Å². The monoisotopic (exact) mass is 1700 g/mol. The van der Waals surface area contributed by atoms with Gasteiger partial charge < -0.3 is 25.2 Å². The first-order valence-electron chi connectivity index (χ1n) is 38.0. The predicted octanol–water partition coefficient (Wildman–Crippen LogP) is 18.1. The van der Waals surface area contributed by atoms with Gasteiger partial charge in [0.05, 0.1) is 34.9 Å². The molecule has 0 aromatic heterocycles. The smallest absolute Gasteiger partial charge is 0.338 e. The van der Waals surface area contributed by atoms with Gasteiger partial charge in [-0.05, 0) is 220 Å². The van der Waals surface area contributed by atoms with Gasteiger partial charge in [0.15, 0.2) is 46.3 Å². The number of hydrogen-bond donors (Lipinski definition) is 4. The zero-order valence-corrected chi connectivity index (χ0v) is 71.6. The van der Waals surface area contributed by atoms with E-state index < -0.39 is 29.8 Å². The molecule has 0 aliphatic carbocycles. The third kappa shape index (κ3) is 32.3. The Balaban J connectivity index is 0.000000315. The number of carbonyl (C=O) groups is 13. The van der Waals surface area contributed by atoms with Crippen molar-refractivity contribution in [2.45, 2.75) is 62.3 Å². The first-order valence-corrected chi connectivity index (χ1v) is 38.0. The molecule has 0 radical (unpaired) electrons. The van der Waals surface area contributed by atoms with E-state index in [-0.39, 0.29) is 96.3 Å². The van der Waals surface area contributed by atoms with Crippen LogP contribution >= 0.6 is 0 Å². The lowest BCUT2D eigenvalue weighted by Crippen LogP contribution is -2.08. The first kappa shape index (κ1) is 103. The number of ketones is 8. The Morgan fingerprint density at radius 2 is 0.496 bits per heavy atom. The van der Waals surface area contributed by atoms with Crippen LogP contribution in [-0.4, -0.2) is 104 Å². The van der Waals surface area contributed by atoms with E-state index in [0.717, 1.165) is 33.4 Å². The van der Waals surface area contributed by atoms with Crippen LogP contribution in [0.15, 0.2) is 231 Å². The van der Waals surface area contributed by atoms with Crippen LogP contribution in [0.25, 0.3) is 0 Å². The molecule has 0 aliphatic heterocycles. The van der Waals surface area contributed by atoms with Crippen molar-refractivity contribution in [1.82, 2.24) is 0 Å². The average Bonchev–Trinajstić information content (AvgIpc) is 0.793. The number of methoxy groups -OCH3 is 1. The normalized spacial score (nSPS) is 9.13. The summed E-state index contributed by atoms with van der Waals surface area (Å²) >= 11 is 0. The number of aromatic carboxylic acids is 4. The van der Waals surface area contributed by atoms with Crippen molar-refractivity contribution in [3.8, 4) is 134 Å². The fraction of sp³-hybridized carbons (Fsp3) is 0.0901. The third-order valence-corrected chi connectivity index (χ3v) is 17.6. The van der Waals surface area contributed by atoms with Crippen LogP contribution in [-0.2, 0) is 4.74 Å². The van der Waals surface area contributed by atoms with Gasteiger partial charge in [-0.1, -0.05) is 162 Å². The third-order valence-electron chi connectivity index (χ3n) is 17.6. The first-order chi connectivity index (χ1) is 61.3. The molecule has 0 saturated carbocycles. The molecule has 0 unspecified atom stereocenters. The number of hydrogen-bond acceptors (Lipinski definition) is 14. The highest BCUT2D eigenvalue weighted by molar-refractivity contribution is 6.09. The molecule has 0 saturated heterocycles. The van der Waals surface area contributed by atoms with Gasteiger partial charge in [-0.25, -0.2) is 24.0 Å². The highest BCUT2D eigenvalue weighted by Crippen LogP contribution is 2.22. The minimum atomic E-state index is -1.20. The van der Waals surface area contributed by atoms with Crippen LogP contribution < -0.4 is 0 Å². The van der Waals surface area contributed by atoms with E-state index >= 15 is 0 Å². The average molecular weight is 1700 g/mol. The van der Waals surface area contributed by atoms with Gasteiger partial charge in [-0.15, -0.1) is 51.4 Å². The van der Waals surface area contributed by atoms with Gasteiger partial charge in [-0.3, -0.25) is 38.4 Å². The molecule has 0 fully saturated rings. The number of carboxylic acid groups (broad SMARTS) is 4. The molecule has 18 nitrogen and oxygen atoms in total. The van der Waals surface area contributed by atoms with Crippen LogP contribution in [0.3, 0.4) is 0 Å². The summed E-state index contributed by atoms with van der Waals surface area (Å²) < 4.78 is 4.57. The van der Waals surface area contributed by atoms with Crippen molar-refractivity contribution in [3.63, 3.8) is 0 Å². The molecule has 0 atom stereocenters. The summed E-state index contributed by atoms with van der Waals surface area (Å²) in [6.07, 6.45) is 41.6. The summed E-state index contributed by atoms with van der Waals surface area (Å²) in [6, 6.07) is 64.6. The van der Waals surface area contributed by atoms with E-state index in [1.165, 1.54) is 116 Å². The van der Waals surface area contributed by atoms with Gasteiger partial charge in [0.1, 0.15) is 0 Å². The quantitative estimate of drug-likeness (QED) is 0.0473. The van der Waals surface area contributed by atoms with Gasteiger partial charge in [-0.2, -0.15) is 0 Å². The van der Waals surface area contributed by atoms with Crippen LogP contribution in [0.2, 0.25) is 0 Å². The molecule has 632 valence electrons. The summed E-state index contributed by atoms with van der Waals surface area (Å²) in [5.74, 6) is 30.7. The molecule has 0 spiro atoms. The van der Waals surface area contributed by atoms with Crippen LogP contribution in [0, 0.1) is 141 Å². The molecule has 0 bridgehead atoms. The number of benzene rings is 11. The lowest BCUT2D eigenvalue weighted by molar-refractivity contribution is 0.0594. The standard InChI is InChI=1S/C25H16O3.C17H12O3.C13H8O3.C12H10O3.C12H8O.C11H8O3.C11H10O.C10H8O/c1-18(26)23-16-21(14-12-19-8-4-2-5-9-19)22(17-24(23)25(27)28)15-13-20-10-6-3-7-11-20;1-12(18)15-10-9-14(11-16(15)17(19)20)8-7-13-5-3-2-4-6-13;1-4-9-6-11(8(3)14)12(13(15)16)7-10(9)5-2;1-4-9-5-6-10(8(2)13)11(7-9)12(14)15-3;1-4-10-6-7-12(9(3)13)8-11(10)5-2;1-3-8-4-5-9(7(2)12)10(6-8)11(13)14;1-4-10-5-6-11(9(3)12)7-8(10)2;1-3-9-4-6-10(7-5-9)8(2)11/h2-11,16-17H,1H3,(H,27,28);2-6,9-11H,1H3,(H,19,20);1-2,6-7H,3H3,(H,15,16);1,5-7H,2-3H3;1-2,6-8H,3H3;1,4-6H,2H3,(H,13,14);1,5-7H,2-3H3;1,4-7H,2H3. The minimum absolute atomic E-state index is 0.0138. The second-order valence-electron chi connectivity index (χ2n) is 26.7. The highest BCUT2D eigenvalue weighted by atomic mass is 16.5. The van der Waals surface area contributed by atoms with E-state index in [0.29, 0.717) is 72.3 Å². The van der Waals surface area contributed by atoms with Crippen molar-refractivity contribution in [2.75, 3.05) is 7.11 Å². The van der Waals surface area contributed by atoms with Crippen LogP contribution in [0.1, 0.15) is 273 Å². The number of Topliss-reactive ketones (excluding diaryl/α,β-unsaturated/α-hetero) is 8. The van der Waals surface area contributed by atoms with E-state index in [1.807, 2.05) is 104 Å². The molecule has 129 heavy (non-hydrogen) atoms. The Bertz CT molecular complexity index is 6650. The zero-order chi connectivity index (χ0) is 96.1. The van der Waals surface area contributed by atoms with Gasteiger partial charge in [0.2, 0.25) is 0 Å². The molecule has 11 aromatic carbocycles. The molecule has 11 rings (SSSR count). The number of carboxylic acids is 4. The number of terminal acetylenes is 8. The molecule has 0 amide bonds. The molecule has 18 heteroatoms. The number of esters is 1. The van der Waals surface area contributed by atoms with Crippen LogP contribution in [0.4, 0.5) is 0 Å². The lowest BCUT2D eigenvalue weighted by atomic mass is 9.96. The van der Waals surface area contributed by atoms with E-state index in [1.54, 1.807) is 79.7 Å². The zero-order valence-electron chi connectivity index (χ0n) is 71.6. The maximum Gasteiger partial charge on any atom is 0.338 e. The summed E-state index contributed by atoms with van der Waals surface area (Å²) in [4.78, 5) is 145. The SMILES string of the molecule is C#Cc1cc(C(C)=O)c(C(=O)O)cc1C#C.C#Cc1ccc(C(C)=O)c(C(=O)O)c1.C#Cc1ccc(C(C)=O)c(C(=O)OC)c1.C#Cc1ccc(C(C)=O)cc1.C#Cc1ccc(C(C)=O)cc1C.C#Cc1ccc(C(C)=O)cc1C#C.CC(=O)c1cc(C#Cc2ccccc2)c(C#Cc2ccccc2)cc1C(=O)O.CC(=O)c1ccc(C#Cc2ccccc2)cc1C(=O)O. The van der Waals surface area contributed by atoms with Crippen molar-refractivity contribution in [3.05, 3.63) is 386 Å². The fourth-order valence-electron chi connectivity index (χ4n) is 10.9. The predicted molar refractivity (Wildman–Crippen MR) is 496 cm³/mol. The topological polar surface area (TPSA) is 312 Å². The summed E-state index contributed by atoms with van der Waals surface area (Å²) in [5, 5.41) is 36.3. The Labute approximate surface area is 749 Å². The van der Waals surface area contributed by atoms with Gasteiger partial charge in [0.25, 0.3) is 0 Å². The Morgan fingerprint density at radius 1 is 0.225 bits per heavy atom. The Hall–Kier alpha value is -18.7. The van der Waals surface area contributed by atoms with E-state index in [2.05, 4.69) is 87.6 Å². The minimum Gasteiger partial charge on any atom is -0.478 e. The molecule has 0 heterocycles. The number of rotatable bonds is 13. The van der Waals surface area contributed by atoms with Crippen molar-refractivity contribution >= 4 is 76.1 Å². The molecule has 4 N–H and O–H groups in total. The molecular weight excluding hydrogens is 1620 g/mol. The summed E-state index contributed by atoms with van der Waals surface area (Å²) in [7, 11) is 1.26. The molecule has 0 aliphatic rings. The maximum absolute atomic E-state index is 11.9. The Kier molecular flexibility index (Phi) is 41.2. The number of aryl methyl sites for hydroxylation is 1. The van der Waals surface area contributed by atoms with Gasteiger partial charge >= 0.3 is 29.8 Å². The largest absolute Gasteiger partial charge is 0.478 e.